The minimum absolute atomic E-state index is 0.0907. The Hall–Kier alpha value is -8.40. The van der Waals surface area contributed by atoms with Crippen LogP contribution in [0.5, 0.6) is 0 Å². The number of rotatable bonds is 7. The number of nitrogens with zero attached hydrogens (tertiary/aromatic N) is 3. The molecule has 11 aromatic rings. The highest BCUT2D eigenvalue weighted by Crippen LogP contribution is 2.64. The fourth-order valence-electron chi connectivity index (χ4n) is 10.7. The van der Waals surface area contributed by atoms with Gasteiger partial charge < -0.3 is 14.4 Å². The first kappa shape index (κ1) is 31.4. The Morgan fingerprint density at radius 3 is 1.39 bits per heavy atom. The normalized spacial score (nSPS) is 15.4. The summed E-state index contributed by atoms with van der Waals surface area (Å²) in [6.45, 7) is 0. The lowest BCUT2D eigenvalue weighted by Gasteiger charge is -2.33. The predicted octanol–water partition coefficient (Wildman–Crippen LogP) is 16.1. The molecule has 13 rings (SSSR count). The highest BCUT2D eigenvalue weighted by atomic mass is 15.1. The molecule has 2 aliphatic rings. The van der Waals surface area contributed by atoms with E-state index >= 15 is 0 Å². The summed E-state index contributed by atoms with van der Waals surface area (Å²) in [6.07, 6.45) is 0. The van der Waals surface area contributed by atoms with Crippen molar-refractivity contribution in [1.29, 1.82) is 0 Å². The van der Waals surface area contributed by atoms with E-state index in [0.717, 1.165) is 78.3 Å². The first-order valence-corrected chi connectivity index (χ1v) is 21.7. The van der Waals surface area contributed by atoms with Crippen LogP contribution < -0.4 is 9.80 Å². The number of fused-ring (bicyclic) bond motifs is 13. The van der Waals surface area contributed by atoms with Crippen LogP contribution in [0.25, 0.3) is 49.7 Å². The molecular formula is C61H41N3. The second kappa shape index (κ2) is 14.3. The highest BCUT2D eigenvalue weighted by Gasteiger charge is 2.52. The second-order valence-corrected chi connectivity index (χ2v) is 16.5. The fourth-order valence-corrected chi connectivity index (χ4v) is 10.7. The highest BCUT2D eigenvalue weighted by molar-refractivity contribution is 6.10. The molecular weight excluding hydrogens is 775 g/mol. The first-order valence-electron chi connectivity index (χ1n) is 24.2. The number of anilines is 6. The van der Waals surface area contributed by atoms with Crippen LogP contribution in [0, 0.1) is 0 Å². The monoisotopic (exact) mass is 820 g/mol. The number of benzene rings is 10. The molecule has 0 fully saturated rings. The second-order valence-electron chi connectivity index (χ2n) is 16.5. The SMILES string of the molecule is [2H]c1c([2H])c([2H])c(N(c2ccccc2)c2ccc3c(c2)C2(c4ccccc4-c4ccc(N(c5ccccc5)c5ccc6c7ccccc7n(-c7ccccc7)c6c5)cc42)c2ccccc2-3)c([2H])c1[2H]. The lowest BCUT2D eigenvalue weighted by molar-refractivity contribution is 0.793. The molecule has 64 heavy (non-hydrogen) atoms. The Balaban J connectivity index is 1.07. The van der Waals surface area contributed by atoms with E-state index in [1.807, 2.05) is 41.3 Å². The van der Waals surface area contributed by atoms with Crippen molar-refractivity contribution in [2.75, 3.05) is 9.80 Å². The van der Waals surface area contributed by atoms with Gasteiger partial charge in [-0.25, -0.2) is 0 Å². The molecule has 1 spiro atoms. The molecule has 1 unspecified atom stereocenters. The molecule has 2 aliphatic carbocycles. The topological polar surface area (TPSA) is 11.4 Å². The molecule has 0 aliphatic heterocycles. The van der Waals surface area contributed by atoms with E-state index in [4.69, 9.17) is 4.11 Å². The summed E-state index contributed by atoms with van der Waals surface area (Å²) in [6, 6.07) is 75.0. The van der Waals surface area contributed by atoms with Gasteiger partial charge in [-0.3, -0.25) is 0 Å². The molecule has 0 bridgehead atoms. The molecule has 3 nitrogen and oxygen atoms in total. The van der Waals surface area contributed by atoms with Gasteiger partial charge in [0.2, 0.25) is 0 Å². The van der Waals surface area contributed by atoms with Crippen molar-refractivity contribution in [1.82, 2.24) is 4.57 Å². The van der Waals surface area contributed by atoms with E-state index in [1.165, 1.54) is 10.8 Å². The molecule has 3 heteroatoms. The molecule has 1 atom stereocenters. The number of aromatic nitrogens is 1. The van der Waals surface area contributed by atoms with E-state index in [9.17, 15) is 2.74 Å². The van der Waals surface area contributed by atoms with Crippen LogP contribution in [0.4, 0.5) is 34.1 Å². The molecule has 10 aromatic carbocycles. The molecule has 0 radical (unpaired) electrons. The minimum atomic E-state index is -0.780. The third-order valence-corrected chi connectivity index (χ3v) is 13.2. The van der Waals surface area contributed by atoms with E-state index in [-0.39, 0.29) is 29.9 Å². The van der Waals surface area contributed by atoms with Crippen LogP contribution in [0.3, 0.4) is 0 Å². The van der Waals surface area contributed by atoms with E-state index in [0.29, 0.717) is 11.4 Å². The van der Waals surface area contributed by atoms with E-state index < -0.39 is 11.5 Å². The van der Waals surface area contributed by atoms with Gasteiger partial charge in [0.15, 0.2) is 0 Å². The predicted molar refractivity (Wildman–Crippen MR) is 266 cm³/mol. The molecule has 0 N–H and O–H groups in total. The van der Waals surface area contributed by atoms with Crippen LogP contribution in [-0.4, -0.2) is 4.57 Å². The number of para-hydroxylation sites is 5. The Labute approximate surface area is 380 Å². The van der Waals surface area contributed by atoms with Gasteiger partial charge in [-0.2, -0.15) is 0 Å². The summed E-state index contributed by atoms with van der Waals surface area (Å²) in [4.78, 5) is 4.18. The van der Waals surface area contributed by atoms with Crippen molar-refractivity contribution >= 4 is 55.9 Å². The molecule has 300 valence electrons. The third kappa shape index (κ3) is 5.28. The van der Waals surface area contributed by atoms with Gasteiger partial charge in [0.1, 0.15) is 0 Å². The average molecular weight is 821 g/mol. The van der Waals surface area contributed by atoms with Crippen molar-refractivity contribution in [3.63, 3.8) is 0 Å². The lowest BCUT2D eigenvalue weighted by atomic mass is 9.70. The van der Waals surface area contributed by atoms with Crippen LogP contribution >= 0.6 is 0 Å². The Kier molecular flexibility index (Phi) is 7.04. The standard InChI is InChI=1S/C61H41N3/c1-5-19-42(20-6-1)62(43-21-7-2-8-22-43)46-33-36-51-49-27-13-16-30-55(49)61(57(51)39-46)56-31-17-14-28-50(56)52-37-34-47(40-58(52)61)63(44-23-9-3-10-24-44)48-35-38-54-53-29-15-18-32-59(53)64(60(54)41-48)45-25-11-4-12-26-45/h1-41H/i1D,5D,6D,19D,20D. The van der Waals surface area contributed by atoms with Gasteiger partial charge in [0, 0.05) is 50.6 Å². The minimum Gasteiger partial charge on any atom is -0.310 e. The maximum atomic E-state index is 9.19. The smallest absolute Gasteiger partial charge is 0.0727 e. The molecule has 1 aromatic heterocycles. The van der Waals surface area contributed by atoms with Gasteiger partial charge in [0.25, 0.3) is 0 Å². The Bertz CT molecular complexity index is 3830. The van der Waals surface area contributed by atoms with Crippen molar-refractivity contribution in [3.8, 4) is 27.9 Å². The van der Waals surface area contributed by atoms with Crippen LogP contribution in [0.2, 0.25) is 0 Å². The van der Waals surface area contributed by atoms with Crippen molar-refractivity contribution in [3.05, 3.63) is 271 Å². The Morgan fingerprint density at radius 1 is 0.328 bits per heavy atom. The summed E-state index contributed by atoms with van der Waals surface area (Å²) < 4.78 is 46.6. The first-order chi connectivity index (χ1) is 33.8. The Morgan fingerprint density at radius 2 is 0.781 bits per heavy atom. The van der Waals surface area contributed by atoms with Gasteiger partial charge in [-0.15, -0.1) is 0 Å². The van der Waals surface area contributed by atoms with E-state index in [1.54, 1.807) is 0 Å². The molecule has 0 amide bonds. The largest absolute Gasteiger partial charge is 0.310 e. The van der Waals surface area contributed by atoms with Gasteiger partial charge in [0.05, 0.1) is 23.3 Å². The van der Waals surface area contributed by atoms with Crippen molar-refractivity contribution in [2.24, 2.45) is 0 Å². The lowest BCUT2D eigenvalue weighted by Crippen LogP contribution is -2.26. The van der Waals surface area contributed by atoms with Crippen LogP contribution in [-0.2, 0) is 5.41 Å². The summed E-state index contributed by atoms with van der Waals surface area (Å²) in [5, 5.41) is 2.37. The summed E-state index contributed by atoms with van der Waals surface area (Å²) in [7, 11) is 0. The maximum absolute atomic E-state index is 9.19. The van der Waals surface area contributed by atoms with Gasteiger partial charge >= 0.3 is 0 Å². The zero-order valence-electron chi connectivity index (χ0n) is 39.6. The quantitative estimate of drug-likeness (QED) is 0.159. The van der Waals surface area contributed by atoms with Gasteiger partial charge in [-0.1, -0.05) is 158 Å². The molecule has 1 heterocycles. The molecule has 0 saturated carbocycles. The third-order valence-electron chi connectivity index (χ3n) is 13.2. The van der Waals surface area contributed by atoms with Crippen molar-refractivity contribution < 1.29 is 6.85 Å². The summed E-state index contributed by atoms with van der Waals surface area (Å²) >= 11 is 0. The number of hydrogen-bond acceptors (Lipinski definition) is 2. The molecule has 0 saturated heterocycles. The average Bonchev–Trinajstić information content (AvgIpc) is 4.01. The number of hydrogen-bond donors (Lipinski definition) is 0. The fraction of sp³-hybridized carbons (Fsp3) is 0.0164. The zero-order chi connectivity index (χ0) is 46.5. The summed E-state index contributed by atoms with van der Waals surface area (Å²) in [5.74, 6) is 0. The van der Waals surface area contributed by atoms with Gasteiger partial charge in [-0.05, 0) is 135 Å². The maximum Gasteiger partial charge on any atom is 0.0727 e. The van der Waals surface area contributed by atoms with E-state index in [2.05, 4.69) is 191 Å². The van der Waals surface area contributed by atoms with Crippen molar-refractivity contribution in [2.45, 2.75) is 5.41 Å². The van der Waals surface area contributed by atoms with Crippen LogP contribution in [0.15, 0.2) is 249 Å². The summed E-state index contributed by atoms with van der Waals surface area (Å²) in [5.41, 5.74) is 16.1. The van der Waals surface area contributed by atoms with Crippen LogP contribution in [0.1, 0.15) is 29.1 Å². The zero-order valence-corrected chi connectivity index (χ0v) is 34.6.